The first-order valence-electron chi connectivity index (χ1n) is 7.16. The summed E-state index contributed by atoms with van der Waals surface area (Å²) >= 11 is 0.942. The van der Waals surface area contributed by atoms with Gasteiger partial charge in [-0.1, -0.05) is 23.9 Å². The van der Waals surface area contributed by atoms with E-state index in [4.69, 9.17) is 4.42 Å². The molecule has 1 aromatic heterocycles. The third-order valence-electron chi connectivity index (χ3n) is 3.43. The highest BCUT2D eigenvalue weighted by Crippen LogP contribution is 2.24. The number of hydrogen-bond acceptors (Lipinski definition) is 5. The molecular formula is C16H13FN2O4S. The summed E-state index contributed by atoms with van der Waals surface area (Å²) in [5, 5.41) is 2.25. The summed E-state index contributed by atoms with van der Waals surface area (Å²) in [4.78, 5) is 36.0. The van der Waals surface area contributed by atoms with Crippen LogP contribution < -0.4 is 5.32 Å². The number of rotatable bonds is 5. The highest BCUT2D eigenvalue weighted by atomic mass is 32.2. The molecule has 3 rings (SSSR count). The van der Waals surface area contributed by atoms with Crippen molar-refractivity contribution in [3.05, 3.63) is 48.0 Å². The summed E-state index contributed by atoms with van der Waals surface area (Å²) in [7, 11) is 0. The monoisotopic (exact) mass is 348 g/mol. The van der Waals surface area contributed by atoms with Gasteiger partial charge in [0.15, 0.2) is 5.76 Å². The summed E-state index contributed by atoms with van der Waals surface area (Å²) in [6.07, 6.45) is 0. The largest absolute Gasteiger partial charge is 0.451 e. The number of hydrogen-bond donors (Lipinski definition) is 1. The second-order valence-electron chi connectivity index (χ2n) is 5.00. The first-order valence-corrected chi connectivity index (χ1v) is 8.15. The van der Waals surface area contributed by atoms with Crippen molar-refractivity contribution in [2.75, 3.05) is 18.8 Å². The van der Waals surface area contributed by atoms with Gasteiger partial charge in [0.05, 0.1) is 11.3 Å². The molecule has 0 spiro atoms. The van der Waals surface area contributed by atoms with Crippen molar-refractivity contribution in [1.82, 2.24) is 10.2 Å². The molecule has 0 bridgehead atoms. The van der Waals surface area contributed by atoms with Crippen molar-refractivity contribution >= 4 is 28.8 Å². The van der Waals surface area contributed by atoms with Crippen LogP contribution in [0.1, 0.15) is 10.6 Å². The Morgan fingerprint density at radius 1 is 1.25 bits per heavy atom. The van der Waals surface area contributed by atoms with Crippen LogP contribution >= 0.6 is 11.8 Å². The number of thioether (sulfide) groups is 1. The van der Waals surface area contributed by atoms with Gasteiger partial charge in [0.1, 0.15) is 11.6 Å². The number of amides is 3. The fraction of sp³-hybridized carbons (Fsp3) is 0.188. The van der Waals surface area contributed by atoms with Crippen molar-refractivity contribution < 1.29 is 23.2 Å². The van der Waals surface area contributed by atoms with Crippen LogP contribution in [0.5, 0.6) is 0 Å². The lowest BCUT2D eigenvalue weighted by atomic mass is 10.1. The maximum Gasteiger partial charge on any atom is 0.288 e. The van der Waals surface area contributed by atoms with Crippen molar-refractivity contribution in [2.24, 2.45) is 0 Å². The number of furan rings is 1. The lowest BCUT2D eigenvalue weighted by molar-refractivity contribution is -0.124. The Balaban J connectivity index is 1.59. The molecule has 1 saturated heterocycles. The fourth-order valence-corrected chi connectivity index (χ4v) is 2.98. The molecule has 124 valence electrons. The van der Waals surface area contributed by atoms with Crippen molar-refractivity contribution in [2.45, 2.75) is 0 Å². The van der Waals surface area contributed by atoms with Gasteiger partial charge in [-0.25, -0.2) is 4.39 Å². The average molecular weight is 348 g/mol. The third-order valence-corrected chi connectivity index (χ3v) is 4.29. The van der Waals surface area contributed by atoms with Gasteiger partial charge in [-0.05, 0) is 24.3 Å². The molecule has 0 atom stereocenters. The Labute approximate surface area is 141 Å². The number of nitrogens with zero attached hydrogens (tertiary/aromatic N) is 1. The van der Waals surface area contributed by atoms with E-state index in [9.17, 15) is 18.8 Å². The van der Waals surface area contributed by atoms with E-state index < -0.39 is 11.7 Å². The van der Waals surface area contributed by atoms with Gasteiger partial charge in [-0.2, -0.15) is 0 Å². The SMILES string of the molecule is O=C(NCCN1C(=O)CSC1=O)c1ccc(-c2ccccc2F)o1. The Kier molecular flexibility index (Phi) is 4.66. The zero-order chi connectivity index (χ0) is 17.1. The molecule has 0 unspecified atom stereocenters. The Morgan fingerprint density at radius 2 is 2.04 bits per heavy atom. The van der Waals surface area contributed by atoms with Crippen LogP contribution in [0.3, 0.4) is 0 Å². The molecule has 3 amide bonds. The molecule has 0 saturated carbocycles. The summed E-state index contributed by atoms with van der Waals surface area (Å²) in [5.41, 5.74) is 0.266. The minimum Gasteiger partial charge on any atom is -0.451 e. The first kappa shape index (κ1) is 16.3. The van der Waals surface area contributed by atoms with Crippen LogP contribution in [0.4, 0.5) is 9.18 Å². The lowest BCUT2D eigenvalue weighted by Crippen LogP contribution is -2.37. The second kappa shape index (κ2) is 6.88. The van der Waals surface area contributed by atoms with Crippen molar-refractivity contribution in [3.8, 4) is 11.3 Å². The molecule has 0 radical (unpaired) electrons. The van der Waals surface area contributed by atoms with Crippen LogP contribution in [0.25, 0.3) is 11.3 Å². The fourth-order valence-electron chi connectivity index (χ4n) is 2.23. The molecule has 2 heterocycles. The smallest absolute Gasteiger partial charge is 0.288 e. The predicted molar refractivity (Wildman–Crippen MR) is 86.0 cm³/mol. The van der Waals surface area contributed by atoms with Crippen LogP contribution in [0, 0.1) is 5.82 Å². The number of imide groups is 1. The van der Waals surface area contributed by atoms with Crippen LogP contribution in [-0.4, -0.2) is 40.8 Å². The molecule has 1 N–H and O–H groups in total. The van der Waals surface area contributed by atoms with Gasteiger partial charge in [0, 0.05) is 13.1 Å². The average Bonchev–Trinajstić information content (AvgIpc) is 3.17. The molecule has 0 aliphatic carbocycles. The molecule has 8 heteroatoms. The lowest BCUT2D eigenvalue weighted by Gasteiger charge is -2.12. The normalized spacial score (nSPS) is 14.3. The summed E-state index contributed by atoms with van der Waals surface area (Å²) in [6, 6.07) is 9.05. The van der Waals surface area contributed by atoms with E-state index >= 15 is 0 Å². The molecule has 1 fully saturated rings. The maximum absolute atomic E-state index is 13.7. The van der Waals surface area contributed by atoms with E-state index in [1.165, 1.54) is 18.2 Å². The number of benzene rings is 1. The third kappa shape index (κ3) is 3.33. The van der Waals surface area contributed by atoms with E-state index in [2.05, 4.69) is 5.32 Å². The molecule has 2 aromatic rings. The van der Waals surface area contributed by atoms with Gasteiger partial charge < -0.3 is 9.73 Å². The molecule has 1 aromatic carbocycles. The highest BCUT2D eigenvalue weighted by molar-refractivity contribution is 8.14. The Bertz CT molecular complexity index is 789. The van der Waals surface area contributed by atoms with Gasteiger partial charge in [-0.15, -0.1) is 0 Å². The maximum atomic E-state index is 13.7. The van der Waals surface area contributed by atoms with E-state index in [-0.39, 0.29) is 47.1 Å². The minimum atomic E-state index is -0.496. The highest BCUT2D eigenvalue weighted by Gasteiger charge is 2.29. The first-order chi connectivity index (χ1) is 11.6. The number of carbonyl (C=O) groups excluding carboxylic acids is 3. The summed E-state index contributed by atoms with van der Waals surface area (Å²) < 4.78 is 19.1. The number of carbonyl (C=O) groups is 3. The van der Waals surface area contributed by atoms with E-state index in [1.807, 2.05) is 0 Å². The quantitative estimate of drug-likeness (QED) is 0.898. The zero-order valence-electron chi connectivity index (χ0n) is 12.5. The van der Waals surface area contributed by atoms with E-state index in [0.717, 1.165) is 16.7 Å². The van der Waals surface area contributed by atoms with Gasteiger partial charge in [0.2, 0.25) is 5.91 Å². The number of halogens is 1. The Hall–Kier alpha value is -2.61. The van der Waals surface area contributed by atoms with Crippen molar-refractivity contribution in [1.29, 1.82) is 0 Å². The molecular weight excluding hydrogens is 335 g/mol. The van der Waals surface area contributed by atoms with Crippen molar-refractivity contribution in [3.63, 3.8) is 0 Å². The van der Waals surface area contributed by atoms with Crippen LogP contribution in [0.2, 0.25) is 0 Å². The number of nitrogens with one attached hydrogen (secondary N) is 1. The van der Waals surface area contributed by atoms with Gasteiger partial charge >= 0.3 is 0 Å². The zero-order valence-corrected chi connectivity index (χ0v) is 13.3. The topological polar surface area (TPSA) is 79.6 Å². The second-order valence-corrected chi connectivity index (χ2v) is 5.93. The van der Waals surface area contributed by atoms with Gasteiger partial charge in [-0.3, -0.25) is 19.3 Å². The summed E-state index contributed by atoms with van der Waals surface area (Å²) in [6.45, 7) is 0.226. The molecule has 1 aliphatic heterocycles. The Morgan fingerprint density at radius 3 is 2.75 bits per heavy atom. The molecule has 6 nitrogen and oxygen atoms in total. The van der Waals surface area contributed by atoms with Gasteiger partial charge in [0.25, 0.3) is 11.1 Å². The molecule has 24 heavy (non-hydrogen) atoms. The minimum absolute atomic E-state index is 0.0294. The van der Waals surface area contributed by atoms with Crippen LogP contribution in [-0.2, 0) is 4.79 Å². The van der Waals surface area contributed by atoms with E-state index in [0.29, 0.717) is 0 Å². The predicted octanol–water partition coefficient (Wildman–Crippen LogP) is 2.51. The summed E-state index contributed by atoms with van der Waals surface area (Å²) in [5.74, 6) is -0.788. The standard InChI is InChI=1S/C16H13FN2O4S/c17-11-4-2-1-3-10(11)12-5-6-13(23-12)15(21)18-7-8-19-14(20)9-24-16(19)22/h1-6H,7-9H2,(H,18,21). The van der Waals surface area contributed by atoms with Crippen LogP contribution in [0.15, 0.2) is 40.8 Å². The molecule has 1 aliphatic rings. The van der Waals surface area contributed by atoms with E-state index in [1.54, 1.807) is 18.2 Å².